The number of hydrogen-bond donors (Lipinski definition) is 1. The first-order valence-electron chi connectivity index (χ1n) is 11.3. The van der Waals surface area contributed by atoms with Gasteiger partial charge < -0.3 is 19.5 Å². The summed E-state index contributed by atoms with van der Waals surface area (Å²) in [6.45, 7) is 3.67. The molecular weight excluding hydrogens is 398 g/mol. The Labute approximate surface area is 182 Å². The van der Waals surface area contributed by atoms with Crippen LogP contribution in [0, 0.1) is 17.8 Å². The summed E-state index contributed by atoms with van der Waals surface area (Å²) >= 11 is 0. The number of nitrogens with one attached hydrogen (secondary N) is 1. The molecule has 0 aromatic heterocycles. The Hall–Kier alpha value is -2.57. The highest BCUT2D eigenvalue weighted by Gasteiger charge is 2.51. The molecule has 4 saturated carbocycles. The molecule has 4 bridgehead atoms. The van der Waals surface area contributed by atoms with Gasteiger partial charge >= 0.3 is 11.9 Å². The van der Waals surface area contributed by atoms with Crippen LogP contribution in [0.15, 0.2) is 18.2 Å². The first-order valence-corrected chi connectivity index (χ1v) is 11.3. The molecule has 0 saturated heterocycles. The van der Waals surface area contributed by atoms with Gasteiger partial charge in [0, 0.05) is 5.54 Å². The summed E-state index contributed by atoms with van der Waals surface area (Å²) in [5, 5.41) is 3.26. The molecule has 4 fully saturated rings. The first-order chi connectivity index (χ1) is 14.9. The third kappa shape index (κ3) is 4.86. The second-order valence-electron chi connectivity index (χ2n) is 9.22. The Morgan fingerprint density at radius 2 is 1.35 bits per heavy atom. The Morgan fingerprint density at radius 1 is 0.871 bits per heavy atom. The lowest BCUT2D eigenvalue weighted by molar-refractivity contribution is -0.128. The van der Waals surface area contributed by atoms with E-state index in [9.17, 15) is 14.4 Å². The molecule has 1 N–H and O–H groups in total. The van der Waals surface area contributed by atoms with Crippen LogP contribution in [0.1, 0.15) is 73.1 Å². The predicted octanol–water partition coefficient (Wildman–Crippen LogP) is 3.50. The second kappa shape index (κ2) is 8.89. The van der Waals surface area contributed by atoms with Crippen LogP contribution in [0.4, 0.5) is 0 Å². The fourth-order valence-corrected chi connectivity index (χ4v) is 6.09. The van der Waals surface area contributed by atoms with Gasteiger partial charge in [0.15, 0.2) is 6.61 Å². The van der Waals surface area contributed by atoms with Gasteiger partial charge in [-0.2, -0.15) is 0 Å². The van der Waals surface area contributed by atoms with Gasteiger partial charge in [0.1, 0.15) is 5.75 Å². The van der Waals surface area contributed by atoms with Crippen LogP contribution >= 0.6 is 0 Å². The summed E-state index contributed by atoms with van der Waals surface area (Å²) in [6, 6.07) is 4.38. The first kappa shape index (κ1) is 21.7. The van der Waals surface area contributed by atoms with Crippen molar-refractivity contribution in [3.8, 4) is 5.75 Å². The van der Waals surface area contributed by atoms with E-state index in [0.717, 1.165) is 37.0 Å². The lowest BCUT2D eigenvalue weighted by Gasteiger charge is -2.56. The Kier molecular flexibility index (Phi) is 6.21. The van der Waals surface area contributed by atoms with Gasteiger partial charge in [-0.25, -0.2) is 9.59 Å². The lowest BCUT2D eigenvalue weighted by atomic mass is 9.53. The SMILES string of the molecule is CCOC(=O)c1cc(OCC(=O)NC23CC4CC(CC(C4)C2)C3)cc(C(=O)OCC)c1. The zero-order chi connectivity index (χ0) is 22.0. The molecule has 168 valence electrons. The van der Waals surface area contributed by atoms with E-state index < -0.39 is 11.9 Å². The van der Waals surface area contributed by atoms with Crippen molar-refractivity contribution in [2.45, 2.75) is 57.9 Å². The average molecular weight is 430 g/mol. The quantitative estimate of drug-likeness (QED) is 0.636. The molecule has 1 aromatic rings. The Bertz CT molecular complexity index is 792. The van der Waals surface area contributed by atoms with E-state index >= 15 is 0 Å². The van der Waals surface area contributed by atoms with Crippen molar-refractivity contribution in [1.29, 1.82) is 0 Å². The molecule has 0 unspecified atom stereocenters. The van der Waals surface area contributed by atoms with Gasteiger partial charge in [-0.15, -0.1) is 0 Å². The minimum atomic E-state index is -0.559. The lowest BCUT2D eigenvalue weighted by Crippen LogP contribution is -2.60. The van der Waals surface area contributed by atoms with E-state index in [1.54, 1.807) is 13.8 Å². The number of carbonyl (C=O) groups excluding carboxylic acids is 3. The van der Waals surface area contributed by atoms with Gasteiger partial charge in [-0.1, -0.05) is 0 Å². The normalized spacial score (nSPS) is 28.1. The third-order valence-electron chi connectivity index (χ3n) is 6.74. The Morgan fingerprint density at radius 3 is 1.81 bits per heavy atom. The number of hydrogen-bond acceptors (Lipinski definition) is 6. The van der Waals surface area contributed by atoms with E-state index in [-0.39, 0.29) is 48.1 Å². The Balaban J connectivity index is 1.42. The highest BCUT2D eigenvalue weighted by Crippen LogP contribution is 2.55. The van der Waals surface area contributed by atoms with Gasteiger partial charge in [-0.05, 0) is 88.3 Å². The molecule has 5 rings (SSSR count). The highest BCUT2D eigenvalue weighted by atomic mass is 16.5. The maximum absolute atomic E-state index is 12.7. The zero-order valence-corrected chi connectivity index (χ0v) is 18.3. The average Bonchev–Trinajstić information content (AvgIpc) is 2.71. The summed E-state index contributed by atoms with van der Waals surface area (Å²) in [7, 11) is 0. The van der Waals surface area contributed by atoms with Gasteiger partial charge in [-0.3, -0.25) is 4.79 Å². The number of benzene rings is 1. The molecule has 31 heavy (non-hydrogen) atoms. The number of rotatable bonds is 8. The van der Waals surface area contributed by atoms with Crippen LogP contribution in [-0.4, -0.2) is 43.2 Å². The van der Waals surface area contributed by atoms with E-state index in [4.69, 9.17) is 14.2 Å². The van der Waals surface area contributed by atoms with Crippen LogP contribution < -0.4 is 10.1 Å². The summed E-state index contributed by atoms with van der Waals surface area (Å²) in [4.78, 5) is 37.1. The standard InChI is InChI=1S/C24H31NO6/c1-3-29-22(27)18-8-19(23(28)30-4-2)10-20(9-18)31-14-21(26)25-24-11-15-5-16(12-24)7-17(6-15)13-24/h8-10,15-17H,3-7,11-14H2,1-2H3,(H,25,26). The summed E-state index contributed by atoms with van der Waals surface area (Å²) in [6.07, 6.45) is 7.12. The third-order valence-corrected chi connectivity index (χ3v) is 6.74. The van der Waals surface area contributed by atoms with Crippen molar-refractivity contribution in [3.63, 3.8) is 0 Å². The van der Waals surface area contributed by atoms with E-state index in [0.29, 0.717) is 0 Å². The molecule has 0 spiro atoms. The molecule has 7 nitrogen and oxygen atoms in total. The molecule has 1 aromatic carbocycles. The van der Waals surface area contributed by atoms with Gasteiger partial charge in [0.05, 0.1) is 24.3 Å². The molecular formula is C24H31NO6. The van der Waals surface area contributed by atoms with E-state index in [1.165, 1.54) is 37.5 Å². The summed E-state index contributed by atoms with van der Waals surface area (Å²) in [5.41, 5.74) is 0.283. The fraction of sp³-hybridized carbons (Fsp3) is 0.625. The summed E-state index contributed by atoms with van der Waals surface area (Å²) < 4.78 is 15.8. The fourth-order valence-electron chi connectivity index (χ4n) is 6.09. The molecule has 0 aliphatic heterocycles. The summed E-state index contributed by atoms with van der Waals surface area (Å²) in [5.74, 6) is 1.19. The van der Waals surface area contributed by atoms with Crippen LogP contribution in [0.2, 0.25) is 0 Å². The van der Waals surface area contributed by atoms with Crippen LogP contribution in [0.25, 0.3) is 0 Å². The van der Waals surface area contributed by atoms with Gasteiger partial charge in [0.2, 0.25) is 0 Å². The van der Waals surface area contributed by atoms with Crippen LogP contribution in [-0.2, 0) is 14.3 Å². The number of carbonyl (C=O) groups is 3. The minimum absolute atomic E-state index is 0.0853. The number of ether oxygens (including phenoxy) is 3. The smallest absolute Gasteiger partial charge is 0.338 e. The van der Waals surface area contributed by atoms with Crippen LogP contribution in [0.3, 0.4) is 0 Å². The molecule has 4 aliphatic rings. The minimum Gasteiger partial charge on any atom is -0.484 e. The molecule has 0 heterocycles. The molecule has 0 radical (unpaired) electrons. The van der Waals surface area contributed by atoms with E-state index in [1.807, 2.05) is 0 Å². The number of esters is 2. The van der Waals surface area contributed by atoms with Crippen molar-refractivity contribution in [3.05, 3.63) is 29.3 Å². The topological polar surface area (TPSA) is 90.9 Å². The van der Waals surface area contributed by atoms with Crippen molar-refractivity contribution >= 4 is 17.8 Å². The van der Waals surface area contributed by atoms with Crippen molar-refractivity contribution in [2.75, 3.05) is 19.8 Å². The zero-order valence-electron chi connectivity index (χ0n) is 18.3. The molecule has 4 aliphatic carbocycles. The van der Waals surface area contributed by atoms with Crippen molar-refractivity contribution in [1.82, 2.24) is 5.32 Å². The van der Waals surface area contributed by atoms with Crippen molar-refractivity contribution in [2.24, 2.45) is 17.8 Å². The monoisotopic (exact) mass is 429 g/mol. The highest BCUT2D eigenvalue weighted by molar-refractivity contribution is 5.96. The number of amides is 1. The van der Waals surface area contributed by atoms with Crippen LogP contribution in [0.5, 0.6) is 5.75 Å². The second-order valence-corrected chi connectivity index (χ2v) is 9.22. The van der Waals surface area contributed by atoms with Crippen molar-refractivity contribution < 1.29 is 28.6 Å². The molecule has 1 amide bonds. The van der Waals surface area contributed by atoms with Gasteiger partial charge in [0.25, 0.3) is 5.91 Å². The maximum atomic E-state index is 12.7. The maximum Gasteiger partial charge on any atom is 0.338 e. The molecule has 0 atom stereocenters. The predicted molar refractivity (Wildman–Crippen MR) is 113 cm³/mol. The largest absolute Gasteiger partial charge is 0.484 e. The van der Waals surface area contributed by atoms with E-state index in [2.05, 4.69) is 5.32 Å². The molecule has 7 heteroatoms.